The van der Waals surface area contributed by atoms with Gasteiger partial charge in [-0.05, 0) is 55.2 Å². The van der Waals surface area contributed by atoms with E-state index in [1.54, 1.807) is 41.3 Å². The summed E-state index contributed by atoms with van der Waals surface area (Å²) in [7, 11) is 0. The summed E-state index contributed by atoms with van der Waals surface area (Å²) in [6, 6.07) is 15.5. The molecule has 3 aromatic rings. The third-order valence-corrected chi connectivity index (χ3v) is 8.01. The van der Waals surface area contributed by atoms with Crippen molar-refractivity contribution in [3.05, 3.63) is 92.7 Å². The fourth-order valence-corrected chi connectivity index (χ4v) is 5.55. The van der Waals surface area contributed by atoms with E-state index in [-0.39, 0.29) is 22.7 Å². The maximum absolute atomic E-state index is 14.2. The highest BCUT2D eigenvalue weighted by atomic mass is 35.5. The minimum atomic E-state index is -0.554. The van der Waals surface area contributed by atoms with Gasteiger partial charge in [0.2, 0.25) is 0 Å². The number of nitrogens with one attached hydrogen (secondary N) is 1. The first-order chi connectivity index (χ1) is 19.7. The molecule has 0 unspecified atom stereocenters. The summed E-state index contributed by atoms with van der Waals surface area (Å²) in [6.07, 6.45) is 1.95. The van der Waals surface area contributed by atoms with E-state index >= 15 is 0 Å². The highest BCUT2D eigenvalue weighted by Gasteiger charge is 2.27. The molecule has 2 aliphatic heterocycles. The number of hydrogen-bond acceptors (Lipinski definition) is 6. The molecule has 2 fully saturated rings. The van der Waals surface area contributed by atoms with E-state index in [9.17, 15) is 24.1 Å². The predicted molar refractivity (Wildman–Crippen MR) is 158 cm³/mol. The molecular weight excluding hydrogens is 549 g/mol. The molecule has 214 valence electrons. The Morgan fingerprint density at radius 2 is 1.56 bits per heavy atom. The summed E-state index contributed by atoms with van der Waals surface area (Å²) < 4.78 is 14.2. The van der Waals surface area contributed by atoms with E-state index in [4.69, 9.17) is 11.6 Å². The van der Waals surface area contributed by atoms with Gasteiger partial charge in [0.25, 0.3) is 17.5 Å². The van der Waals surface area contributed by atoms with Crippen molar-refractivity contribution in [2.45, 2.75) is 19.8 Å². The molecule has 2 heterocycles. The van der Waals surface area contributed by atoms with Gasteiger partial charge in [-0.15, -0.1) is 0 Å². The summed E-state index contributed by atoms with van der Waals surface area (Å²) in [5, 5.41) is 14.9. The van der Waals surface area contributed by atoms with Gasteiger partial charge in [-0.2, -0.15) is 0 Å². The SMILES string of the molecule is CC1CCN(c2ccc([N+](=O)[O-])cc2C(=O)Nc2cc(Cl)ccc2N2CCN(C(=O)c3ccccc3F)CC2)CC1. The number of anilines is 3. The number of nitro benzene ring substituents is 1. The van der Waals surface area contributed by atoms with Crippen molar-refractivity contribution in [1.82, 2.24) is 4.90 Å². The molecule has 1 N–H and O–H groups in total. The smallest absolute Gasteiger partial charge is 0.270 e. The van der Waals surface area contributed by atoms with E-state index in [2.05, 4.69) is 17.1 Å². The normalized spacial score (nSPS) is 16.0. The van der Waals surface area contributed by atoms with E-state index in [0.717, 1.165) is 25.9 Å². The summed E-state index contributed by atoms with van der Waals surface area (Å²) >= 11 is 6.31. The second kappa shape index (κ2) is 12.1. The first kappa shape index (κ1) is 28.4. The minimum absolute atomic E-state index is 0.0383. The molecule has 9 nitrogen and oxygen atoms in total. The second-order valence-electron chi connectivity index (χ2n) is 10.5. The number of carbonyl (C=O) groups is 2. The second-order valence-corrected chi connectivity index (χ2v) is 10.9. The van der Waals surface area contributed by atoms with Crippen molar-refractivity contribution in [3.8, 4) is 0 Å². The lowest BCUT2D eigenvalue weighted by Crippen LogP contribution is -2.49. The number of hydrogen-bond donors (Lipinski definition) is 1. The van der Waals surface area contributed by atoms with Crippen molar-refractivity contribution in [2.24, 2.45) is 5.92 Å². The maximum atomic E-state index is 14.2. The molecule has 41 heavy (non-hydrogen) atoms. The molecule has 0 bridgehead atoms. The molecule has 2 saturated heterocycles. The molecule has 0 radical (unpaired) electrons. The van der Waals surface area contributed by atoms with Gasteiger partial charge >= 0.3 is 0 Å². The third kappa shape index (κ3) is 6.27. The van der Waals surface area contributed by atoms with Crippen molar-refractivity contribution in [2.75, 3.05) is 54.4 Å². The highest BCUT2D eigenvalue weighted by Crippen LogP contribution is 2.34. The fraction of sp³-hybridized carbons (Fsp3) is 0.333. The largest absolute Gasteiger partial charge is 0.371 e. The average Bonchev–Trinajstić information content (AvgIpc) is 2.97. The van der Waals surface area contributed by atoms with Gasteiger partial charge in [0.15, 0.2) is 0 Å². The maximum Gasteiger partial charge on any atom is 0.270 e. The van der Waals surface area contributed by atoms with Crippen molar-refractivity contribution in [1.29, 1.82) is 0 Å². The molecule has 2 aliphatic rings. The van der Waals surface area contributed by atoms with Crippen LogP contribution in [0.4, 0.5) is 27.1 Å². The van der Waals surface area contributed by atoms with Crippen LogP contribution >= 0.6 is 11.6 Å². The van der Waals surface area contributed by atoms with Crippen LogP contribution < -0.4 is 15.1 Å². The topological polar surface area (TPSA) is 99.0 Å². The molecule has 2 amide bonds. The Morgan fingerprint density at radius 1 is 0.902 bits per heavy atom. The number of piperazine rings is 1. The number of halogens is 2. The van der Waals surface area contributed by atoms with E-state index in [1.165, 1.54) is 24.3 Å². The van der Waals surface area contributed by atoms with Crippen molar-refractivity contribution < 1.29 is 18.9 Å². The van der Waals surface area contributed by atoms with Crippen LogP contribution in [-0.2, 0) is 0 Å². The molecule has 11 heteroatoms. The van der Waals surface area contributed by atoms with Crippen LogP contribution in [0.3, 0.4) is 0 Å². The van der Waals surface area contributed by atoms with Gasteiger partial charge < -0.3 is 20.0 Å². The number of nitrogens with zero attached hydrogens (tertiary/aromatic N) is 4. The zero-order valence-electron chi connectivity index (χ0n) is 22.7. The Balaban J connectivity index is 1.36. The number of carbonyl (C=O) groups excluding carboxylic acids is 2. The van der Waals surface area contributed by atoms with Gasteiger partial charge in [-0.3, -0.25) is 19.7 Å². The summed E-state index contributed by atoms with van der Waals surface area (Å²) in [6.45, 7) is 5.36. The number of piperidine rings is 1. The van der Waals surface area contributed by atoms with Gasteiger partial charge in [0.1, 0.15) is 5.82 Å². The van der Waals surface area contributed by atoms with Crippen LogP contribution in [-0.4, -0.2) is 60.9 Å². The lowest BCUT2D eigenvalue weighted by Gasteiger charge is -2.37. The number of rotatable bonds is 6. The zero-order valence-corrected chi connectivity index (χ0v) is 23.4. The molecule has 5 rings (SSSR count). The number of non-ortho nitro benzene ring substituents is 1. The summed E-state index contributed by atoms with van der Waals surface area (Å²) in [5.41, 5.74) is 1.92. The Labute approximate surface area is 242 Å². The lowest BCUT2D eigenvalue weighted by molar-refractivity contribution is -0.384. The average molecular weight is 580 g/mol. The van der Waals surface area contributed by atoms with Crippen LogP contribution in [0.25, 0.3) is 0 Å². The van der Waals surface area contributed by atoms with Crippen molar-refractivity contribution >= 4 is 46.2 Å². The number of nitro groups is 1. The first-order valence-corrected chi connectivity index (χ1v) is 14.0. The van der Waals surface area contributed by atoms with Gasteiger partial charge in [0.05, 0.1) is 33.1 Å². The zero-order chi connectivity index (χ0) is 29.1. The third-order valence-electron chi connectivity index (χ3n) is 7.78. The molecular formula is C30H31ClFN5O4. The molecule has 3 aromatic carbocycles. The number of amides is 2. The van der Waals surface area contributed by atoms with Crippen LogP contribution in [0.5, 0.6) is 0 Å². The van der Waals surface area contributed by atoms with E-state index in [0.29, 0.717) is 54.2 Å². The van der Waals surface area contributed by atoms with Crippen LogP contribution in [0, 0.1) is 21.8 Å². The van der Waals surface area contributed by atoms with E-state index < -0.39 is 16.6 Å². The fourth-order valence-electron chi connectivity index (χ4n) is 5.37. The van der Waals surface area contributed by atoms with Gasteiger partial charge in [0, 0.05) is 56.4 Å². The molecule has 0 saturated carbocycles. The van der Waals surface area contributed by atoms with Crippen molar-refractivity contribution in [3.63, 3.8) is 0 Å². The molecule has 0 atom stereocenters. The highest BCUT2D eigenvalue weighted by molar-refractivity contribution is 6.31. The quantitative estimate of drug-likeness (QED) is 0.291. The van der Waals surface area contributed by atoms with E-state index in [1.807, 2.05) is 4.90 Å². The summed E-state index contributed by atoms with van der Waals surface area (Å²) in [4.78, 5) is 43.3. The van der Waals surface area contributed by atoms with Crippen LogP contribution in [0.15, 0.2) is 60.7 Å². The Morgan fingerprint density at radius 3 is 2.24 bits per heavy atom. The molecule has 0 spiro atoms. The Bertz CT molecular complexity index is 1470. The minimum Gasteiger partial charge on any atom is -0.371 e. The first-order valence-electron chi connectivity index (χ1n) is 13.6. The van der Waals surface area contributed by atoms with Gasteiger partial charge in [-0.25, -0.2) is 4.39 Å². The number of benzene rings is 3. The predicted octanol–water partition coefficient (Wildman–Crippen LogP) is 5.84. The Kier molecular flexibility index (Phi) is 8.39. The van der Waals surface area contributed by atoms with Crippen LogP contribution in [0.2, 0.25) is 5.02 Å². The summed E-state index contributed by atoms with van der Waals surface area (Å²) in [5.74, 6) is -0.808. The molecule has 0 aliphatic carbocycles. The lowest BCUT2D eigenvalue weighted by atomic mass is 9.97. The van der Waals surface area contributed by atoms with Gasteiger partial charge in [-0.1, -0.05) is 30.7 Å². The monoisotopic (exact) mass is 579 g/mol. The standard InChI is InChI=1S/C30H31ClFN5O4/c1-20-10-12-34(13-11-20)27-9-7-22(37(40)41)19-24(27)29(38)33-26-18-21(31)6-8-28(26)35-14-16-36(17-15-35)30(39)23-4-2-3-5-25(23)32/h2-9,18-20H,10-17H2,1H3,(H,33,38). The van der Waals surface area contributed by atoms with Crippen LogP contribution in [0.1, 0.15) is 40.5 Å². The Hall–Kier alpha value is -4.18. The molecule has 0 aromatic heterocycles.